The molecule has 28 heavy (non-hydrogen) atoms. The van der Waals surface area contributed by atoms with Crippen molar-refractivity contribution < 1.29 is 22.3 Å². The van der Waals surface area contributed by atoms with E-state index < -0.39 is 21.7 Å². The molecule has 150 valence electrons. The van der Waals surface area contributed by atoms with Crippen molar-refractivity contribution in [1.29, 1.82) is 0 Å². The number of nitrogens with one attached hydrogen (secondary N) is 1. The van der Waals surface area contributed by atoms with Crippen molar-refractivity contribution in [3.63, 3.8) is 0 Å². The number of nitrogens with zero attached hydrogens (tertiary/aromatic N) is 1. The molecule has 6 nitrogen and oxygen atoms in total. The lowest BCUT2D eigenvalue weighted by Gasteiger charge is -2.20. The summed E-state index contributed by atoms with van der Waals surface area (Å²) < 4.78 is 45.7. The van der Waals surface area contributed by atoms with E-state index in [1.165, 1.54) is 47.8 Å². The van der Waals surface area contributed by atoms with Crippen molar-refractivity contribution in [3.05, 3.63) is 53.8 Å². The molecule has 0 radical (unpaired) electrons. The Balaban J connectivity index is 1.76. The molecule has 1 saturated heterocycles. The van der Waals surface area contributed by atoms with Crippen LogP contribution in [0.1, 0.15) is 36.0 Å². The van der Waals surface area contributed by atoms with Gasteiger partial charge in [0.05, 0.1) is 17.6 Å². The van der Waals surface area contributed by atoms with Crippen LogP contribution in [0.15, 0.2) is 47.4 Å². The SMILES string of the molecule is COc1ccc(F)cc1C(=O)Nc1ccc(S(=O)(=O)N2CCCCCC2)cc1. The van der Waals surface area contributed by atoms with Gasteiger partial charge in [-0.05, 0) is 55.3 Å². The minimum atomic E-state index is -3.55. The van der Waals surface area contributed by atoms with Gasteiger partial charge in [0.1, 0.15) is 11.6 Å². The van der Waals surface area contributed by atoms with Crippen LogP contribution >= 0.6 is 0 Å². The molecule has 0 atom stereocenters. The Labute approximate surface area is 164 Å². The van der Waals surface area contributed by atoms with Crippen LogP contribution in [0.4, 0.5) is 10.1 Å². The van der Waals surface area contributed by atoms with Crippen molar-refractivity contribution in [2.75, 3.05) is 25.5 Å². The monoisotopic (exact) mass is 406 g/mol. The van der Waals surface area contributed by atoms with Crippen molar-refractivity contribution in [2.45, 2.75) is 30.6 Å². The summed E-state index contributed by atoms with van der Waals surface area (Å²) in [7, 11) is -2.15. The third-order valence-electron chi connectivity index (χ3n) is 4.72. The molecule has 0 aliphatic carbocycles. The smallest absolute Gasteiger partial charge is 0.259 e. The van der Waals surface area contributed by atoms with Gasteiger partial charge in [-0.2, -0.15) is 4.31 Å². The first kappa shape index (κ1) is 20.3. The van der Waals surface area contributed by atoms with E-state index in [1.54, 1.807) is 0 Å². The summed E-state index contributed by atoms with van der Waals surface area (Å²) in [4.78, 5) is 12.6. The van der Waals surface area contributed by atoms with Crippen LogP contribution in [0.3, 0.4) is 0 Å². The van der Waals surface area contributed by atoms with Crippen molar-refractivity contribution >= 4 is 21.6 Å². The van der Waals surface area contributed by atoms with E-state index in [-0.39, 0.29) is 16.2 Å². The highest BCUT2D eigenvalue weighted by Gasteiger charge is 2.25. The van der Waals surface area contributed by atoms with Crippen LogP contribution in [0.25, 0.3) is 0 Å². The highest BCUT2D eigenvalue weighted by atomic mass is 32.2. The summed E-state index contributed by atoms with van der Waals surface area (Å²) in [5, 5.41) is 2.63. The van der Waals surface area contributed by atoms with Gasteiger partial charge >= 0.3 is 0 Å². The maximum Gasteiger partial charge on any atom is 0.259 e. The first-order valence-corrected chi connectivity index (χ1v) is 10.6. The van der Waals surface area contributed by atoms with Gasteiger partial charge in [-0.25, -0.2) is 12.8 Å². The molecule has 0 saturated carbocycles. The molecule has 2 aromatic carbocycles. The topological polar surface area (TPSA) is 75.7 Å². The summed E-state index contributed by atoms with van der Waals surface area (Å²) in [6, 6.07) is 9.66. The van der Waals surface area contributed by atoms with Crippen LogP contribution in [-0.4, -0.2) is 38.8 Å². The summed E-state index contributed by atoms with van der Waals surface area (Å²) in [6.45, 7) is 1.06. The van der Waals surface area contributed by atoms with Crippen molar-refractivity contribution in [2.24, 2.45) is 0 Å². The maximum absolute atomic E-state index is 13.5. The van der Waals surface area contributed by atoms with Gasteiger partial charge in [-0.1, -0.05) is 12.8 Å². The number of methoxy groups -OCH3 is 1. The first-order chi connectivity index (χ1) is 13.4. The van der Waals surface area contributed by atoms with Gasteiger partial charge in [-0.15, -0.1) is 0 Å². The number of benzene rings is 2. The predicted octanol–water partition coefficient (Wildman–Crippen LogP) is 3.65. The second-order valence-electron chi connectivity index (χ2n) is 6.64. The number of halogens is 1. The van der Waals surface area contributed by atoms with Crippen LogP contribution in [-0.2, 0) is 10.0 Å². The Morgan fingerprint density at radius 3 is 2.29 bits per heavy atom. The van der Waals surface area contributed by atoms with Gasteiger partial charge in [0, 0.05) is 18.8 Å². The zero-order valence-corrected chi connectivity index (χ0v) is 16.5. The number of hydrogen-bond donors (Lipinski definition) is 1. The molecule has 0 bridgehead atoms. The lowest BCUT2D eigenvalue weighted by atomic mass is 10.1. The predicted molar refractivity (Wildman–Crippen MR) is 105 cm³/mol. The maximum atomic E-state index is 13.5. The molecule has 1 aliphatic heterocycles. The van der Waals surface area contributed by atoms with E-state index >= 15 is 0 Å². The number of rotatable bonds is 5. The molecule has 0 unspecified atom stereocenters. The molecule has 1 N–H and O–H groups in total. The molecule has 1 heterocycles. The third-order valence-corrected chi connectivity index (χ3v) is 6.63. The van der Waals surface area contributed by atoms with E-state index in [9.17, 15) is 17.6 Å². The molecule has 8 heteroatoms. The van der Waals surface area contributed by atoms with Crippen molar-refractivity contribution in [3.8, 4) is 5.75 Å². The van der Waals surface area contributed by atoms with Gasteiger partial charge < -0.3 is 10.1 Å². The average Bonchev–Trinajstić information content (AvgIpc) is 2.98. The fourth-order valence-corrected chi connectivity index (χ4v) is 4.71. The Kier molecular flexibility index (Phi) is 6.31. The number of hydrogen-bond acceptors (Lipinski definition) is 4. The number of carbonyl (C=O) groups is 1. The summed E-state index contributed by atoms with van der Waals surface area (Å²) in [5.41, 5.74) is 0.467. The Bertz CT molecular complexity index is 937. The Morgan fingerprint density at radius 2 is 1.68 bits per heavy atom. The minimum Gasteiger partial charge on any atom is -0.496 e. The summed E-state index contributed by atoms with van der Waals surface area (Å²) in [6.07, 6.45) is 3.81. The van der Waals surface area contributed by atoms with E-state index in [4.69, 9.17) is 4.74 Å². The number of sulfonamides is 1. The Morgan fingerprint density at radius 1 is 1.04 bits per heavy atom. The third kappa shape index (κ3) is 4.51. The van der Waals surface area contributed by atoms with Crippen LogP contribution < -0.4 is 10.1 Å². The molecular formula is C20H23FN2O4S. The second-order valence-corrected chi connectivity index (χ2v) is 8.58. The van der Waals surface area contributed by atoms with E-state index in [0.717, 1.165) is 31.7 Å². The minimum absolute atomic E-state index is 0.0590. The zero-order valence-electron chi connectivity index (χ0n) is 15.7. The largest absolute Gasteiger partial charge is 0.496 e. The van der Waals surface area contributed by atoms with Crippen molar-refractivity contribution in [1.82, 2.24) is 4.31 Å². The average molecular weight is 406 g/mol. The van der Waals surface area contributed by atoms with Gasteiger partial charge in [0.15, 0.2) is 0 Å². The quantitative estimate of drug-likeness (QED) is 0.822. The molecule has 0 spiro atoms. The Hall–Kier alpha value is -2.45. The lowest BCUT2D eigenvalue weighted by molar-refractivity contribution is 0.102. The number of carbonyl (C=O) groups excluding carboxylic acids is 1. The summed E-state index contributed by atoms with van der Waals surface area (Å²) >= 11 is 0. The lowest BCUT2D eigenvalue weighted by Crippen LogP contribution is -2.31. The standard InChI is InChI=1S/C20H23FN2O4S/c1-27-19-11-6-15(21)14-18(19)20(24)22-16-7-9-17(10-8-16)28(25,26)23-12-4-2-3-5-13-23/h6-11,14H,2-5,12-13H2,1H3,(H,22,24). The highest BCUT2D eigenvalue weighted by Crippen LogP contribution is 2.24. The van der Waals surface area contributed by atoms with E-state index in [0.29, 0.717) is 18.8 Å². The molecule has 1 amide bonds. The van der Waals surface area contributed by atoms with Crippen LogP contribution in [0, 0.1) is 5.82 Å². The van der Waals surface area contributed by atoms with Crippen LogP contribution in [0.5, 0.6) is 5.75 Å². The highest BCUT2D eigenvalue weighted by molar-refractivity contribution is 7.89. The zero-order chi connectivity index (χ0) is 20.1. The molecule has 3 rings (SSSR count). The molecular weight excluding hydrogens is 383 g/mol. The van der Waals surface area contributed by atoms with Crippen LogP contribution in [0.2, 0.25) is 0 Å². The molecule has 1 fully saturated rings. The number of anilines is 1. The van der Waals surface area contributed by atoms with E-state index in [2.05, 4.69) is 5.32 Å². The second kappa shape index (κ2) is 8.70. The van der Waals surface area contributed by atoms with Gasteiger partial charge in [0.25, 0.3) is 5.91 Å². The molecule has 1 aliphatic rings. The fraction of sp³-hybridized carbons (Fsp3) is 0.350. The first-order valence-electron chi connectivity index (χ1n) is 9.17. The fourth-order valence-electron chi connectivity index (χ4n) is 3.20. The van der Waals surface area contributed by atoms with Gasteiger partial charge in [0.2, 0.25) is 10.0 Å². The normalized spacial score (nSPS) is 15.6. The number of ether oxygens (including phenoxy) is 1. The molecule has 0 aromatic heterocycles. The number of amides is 1. The molecule has 2 aromatic rings. The van der Waals surface area contributed by atoms with E-state index in [1.807, 2.05) is 0 Å². The summed E-state index contributed by atoms with van der Waals surface area (Å²) in [5.74, 6) is -0.844. The van der Waals surface area contributed by atoms with Gasteiger partial charge in [-0.3, -0.25) is 4.79 Å².